The maximum Gasteiger partial charge on any atom is 0.256 e. The van der Waals surface area contributed by atoms with Crippen LogP contribution in [0, 0.1) is 5.41 Å². The summed E-state index contributed by atoms with van der Waals surface area (Å²) in [6, 6.07) is 3.66. The van der Waals surface area contributed by atoms with Gasteiger partial charge in [-0.2, -0.15) is 0 Å². The quantitative estimate of drug-likeness (QED) is 0.899. The number of amides is 1. The highest BCUT2D eigenvalue weighted by molar-refractivity contribution is 5.93. The van der Waals surface area contributed by atoms with Gasteiger partial charge in [0, 0.05) is 62.4 Å². The zero-order valence-corrected chi connectivity index (χ0v) is 14.7. The number of piperidine rings is 1. The molecular formula is C19H22N4O3. The van der Waals surface area contributed by atoms with Crippen molar-refractivity contribution in [2.75, 3.05) is 20.2 Å². The van der Waals surface area contributed by atoms with E-state index in [2.05, 4.69) is 15.0 Å². The number of ether oxygens (including phenoxy) is 1. The Morgan fingerprint density at radius 1 is 1.23 bits per heavy atom. The van der Waals surface area contributed by atoms with Gasteiger partial charge in [0.1, 0.15) is 0 Å². The van der Waals surface area contributed by atoms with Crippen molar-refractivity contribution in [3.63, 3.8) is 0 Å². The van der Waals surface area contributed by atoms with Gasteiger partial charge in [-0.15, -0.1) is 0 Å². The van der Waals surface area contributed by atoms with E-state index in [1.54, 1.807) is 31.9 Å². The average molecular weight is 354 g/mol. The third-order valence-corrected chi connectivity index (χ3v) is 5.85. The number of aliphatic hydroxyl groups excluding tert-OH is 1. The SMILES string of the molecule is CO[C@H]1C[C@@H](O)C12CCN(C(=O)c1cnc(-c3ccncc3)nc1)CC2. The second kappa shape index (κ2) is 6.74. The molecule has 0 aromatic carbocycles. The molecule has 1 N–H and O–H groups in total. The molecule has 2 aromatic heterocycles. The predicted octanol–water partition coefficient (Wildman–Crippen LogP) is 1.54. The van der Waals surface area contributed by atoms with Crippen molar-refractivity contribution < 1.29 is 14.6 Å². The number of hydrogen-bond acceptors (Lipinski definition) is 6. The summed E-state index contributed by atoms with van der Waals surface area (Å²) in [6.45, 7) is 1.23. The van der Waals surface area contributed by atoms with Crippen molar-refractivity contribution in [1.82, 2.24) is 19.9 Å². The molecule has 0 bridgehead atoms. The summed E-state index contributed by atoms with van der Waals surface area (Å²) in [5.41, 5.74) is 1.16. The van der Waals surface area contributed by atoms with Crippen molar-refractivity contribution in [2.45, 2.75) is 31.5 Å². The lowest BCUT2D eigenvalue weighted by molar-refractivity contribution is -0.199. The summed E-state index contributed by atoms with van der Waals surface area (Å²) in [5, 5.41) is 10.2. The van der Waals surface area contributed by atoms with Gasteiger partial charge in [0.2, 0.25) is 0 Å². The molecule has 2 aromatic rings. The van der Waals surface area contributed by atoms with E-state index >= 15 is 0 Å². The van der Waals surface area contributed by atoms with Crippen LogP contribution in [0.15, 0.2) is 36.9 Å². The topological polar surface area (TPSA) is 88.4 Å². The first-order chi connectivity index (χ1) is 12.6. The summed E-state index contributed by atoms with van der Waals surface area (Å²) in [7, 11) is 1.69. The number of aliphatic hydroxyl groups is 1. The molecule has 2 aliphatic rings. The molecule has 2 fully saturated rings. The fraction of sp³-hybridized carbons (Fsp3) is 0.474. The standard InChI is InChI=1S/C19H22N4O3/c1-26-16-10-15(24)19(16)4-8-23(9-5-19)18(25)14-11-21-17(22-12-14)13-2-6-20-7-3-13/h2-3,6-7,11-12,15-16,24H,4-5,8-10H2,1H3/t15-,16+/m1/s1. The van der Waals surface area contributed by atoms with Crippen LogP contribution in [-0.2, 0) is 4.74 Å². The lowest BCUT2D eigenvalue weighted by atomic mass is 9.58. The van der Waals surface area contributed by atoms with E-state index in [0.29, 0.717) is 30.9 Å². The highest BCUT2D eigenvalue weighted by atomic mass is 16.5. The van der Waals surface area contributed by atoms with Crippen molar-refractivity contribution >= 4 is 5.91 Å². The van der Waals surface area contributed by atoms with Gasteiger partial charge >= 0.3 is 0 Å². The Hall–Kier alpha value is -2.38. The largest absolute Gasteiger partial charge is 0.392 e. The summed E-state index contributed by atoms with van der Waals surface area (Å²) in [6.07, 6.45) is 8.49. The van der Waals surface area contributed by atoms with E-state index in [1.807, 2.05) is 17.0 Å². The number of rotatable bonds is 3. The maximum absolute atomic E-state index is 12.7. The number of pyridine rings is 1. The summed E-state index contributed by atoms with van der Waals surface area (Å²) in [4.78, 5) is 27.2. The number of methoxy groups -OCH3 is 1. The molecule has 7 heteroatoms. The third kappa shape index (κ3) is 2.77. The minimum Gasteiger partial charge on any atom is -0.392 e. The molecule has 1 amide bonds. The van der Waals surface area contributed by atoms with Crippen LogP contribution in [0.25, 0.3) is 11.4 Å². The van der Waals surface area contributed by atoms with Gasteiger partial charge in [0.25, 0.3) is 5.91 Å². The van der Waals surface area contributed by atoms with Crippen LogP contribution in [0.4, 0.5) is 0 Å². The maximum atomic E-state index is 12.7. The molecule has 7 nitrogen and oxygen atoms in total. The first-order valence-electron chi connectivity index (χ1n) is 8.86. The predicted molar refractivity (Wildman–Crippen MR) is 94.3 cm³/mol. The monoisotopic (exact) mass is 354 g/mol. The third-order valence-electron chi connectivity index (χ3n) is 5.85. The van der Waals surface area contributed by atoms with E-state index in [4.69, 9.17) is 4.74 Å². The van der Waals surface area contributed by atoms with Gasteiger partial charge < -0.3 is 14.7 Å². The number of carbonyl (C=O) groups is 1. The Morgan fingerprint density at radius 3 is 2.46 bits per heavy atom. The zero-order valence-electron chi connectivity index (χ0n) is 14.7. The van der Waals surface area contributed by atoms with Crippen LogP contribution in [0.3, 0.4) is 0 Å². The van der Waals surface area contributed by atoms with Gasteiger partial charge in [0.05, 0.1) is 17.8 Å². The summed E-state index contributed by atoms with van der Waals surface area (Å²) in [5.74, 6) is 0.506. The minimum absolute atomic E-state index is 0.0658. The van der Waals surface area contributed by atoms with E-state index in [0.717, 1.165) is 18.4 Å². The van der Waals surface area contributed by atoms with E-state index < -0.39 is 0 Å². The average Bonchev–Trinajstić information content (AvgIpc) is 2.72. The molecule has 26 heavy (non-hydrogen) atoms. The van der Waals surface area contributed by atoms with Gasteiger partial charge in [-0.25, -0.2) is 9.97 Å². The van der Waals surface area contributed by atoms with E-state index in [1.165, 1.54) is 0 Å². The van der Waals surface area contributed by atoms with Crippen LogP contribution in [0.5, 0.6) is 0 Å². The molecule has 2 atom stereocenters. The number of hydrogen-bond donors (Lipinski definition) is 1. The fourth-order valence-corrected chi connectivity index (χ4v) is 4.11. The number of carbonyl (C=O) groups excluding carboxylic acids is 1. The Kier molecular flexibility index (Phi) is 4.42. The van der Waals surface area contributed by atoms with Gasteiger partial charge in [-0.1, -0.05) is 0 Å². The zero-order chi connectivity index (χ0) is 18.1. The molecule has 0 unspecified atom stereocenters. The van der Waals surface area contributed by atoms with Crippen molar-refractivity contribution in [1.29, 1.82) is 0 Å². The van der Waals surface area contributed by atoms with Crippen molar-refractivity contribution in [3.05, 3.63) is 42.5 Å². The normalized spacial score (nSPS) is 24.3. The van der Waals surface area contributed by atoms with Crippen LogP contribution in [0.2, 0.25) is 0 Å². The Morgan fingerprint density at radius 2 is 1.88 bits per heavy atom. The Bertz CT molecular complexity index is 773. The second-order valence-corrected chi connectivity index (χ2v) is 7.03. The molecule has 136 valence electrons. The molecule has 1 aliphatic heterocycles. The first-order valence-corrected chi connectivity index (χ1v) is 8.86. The lowest BCUT2D eigenvalue weighted by Crippen LogP contribution is -2.62. The van der Waals surface area contributed by atoms with E-state index in [-0.39, 0.29) is 23.5 Å². The van der Waals surface area contributed by atoms with Gasteiger partial charge in [0.15, 0.2) is 5.82 Å². The van der Waals surface area contributed by atoms with Crippen LogP contribution in [0.1, 0.15) is 29.6 Å². The molecule has 1 spiro atoms. The number of likely N-dealkylation sites (tertiary alicyclic amines) is 1. The fourth-order valence-electron chi connectivity index (χ4n) is 4.11. The summed E-state index contributed by atoms with van der Waals surface area (Å²) >= 11 is 0. The summed E-state index contributed by atoms with van der Waals surface area (Å²) < 4.78 is 5.50. The van der Waals surface area contributed by atoms with Crippen molar-refractivity contribution in [3.8, 4) is 11.4 Å². The van der Waals surface area contributed by atoms with Crippen molar-refractivity contribution in [2.24, 2.45) is 5.41 Å². The second-order valence-electron chi connectivity index (χ2n) is 7.03. The minimum atomic E-state index is -0.326. The lowest BCUT2D eigenvalue weighted by Gasteiger charge is -2.56. The first kappa shape index (κ1) is 17.1. The molecule has 1 saturated carbocycles. The molecule has 1 saturated heterocycles. The Labute approximate surface area is 152 Å². The highest BCUT2D eigenvalue weighted by Crippen LogP contribution is 2.50. The van der Waals surface area contributed by atoms with Crippen LogP contribution < -0.4 is 0 Å². The number of aromatic nitrogens is 3. The van der Waals surface area contributed by atoms with Crippen LogP contribution in [-0.4, -0.2) is 63.3 Å². The smallest absolute Gasteiger partial charge is 0.256 e. The van der Waals surface area contributed by atoms with Crippen LogP contribution >= 0.6 is 0 Å². The molecule has 4 rings (SSSR count). The molecular weight excluding hydrogens is 332 g/mol. The Balaban J connectivity index is 1.43. The molecule has 0 radical (unpaired) electrons. The molecule has 1 aliphatic carbocycles. The van der Waals surface area contributed by atoms with Gasteiger partial charge in [-0.3, -0.25) is 9.78 Å². The van der Waals surface area contributed by atoms with Gasteiger partial charge in [-0.05, 0) is 25.0 Å². The van der Waals surface area contributed by atoms with E-state index in [9.17, 15) is 9.90 Å². The molecule has 3 heterocycles. The highest BCUT2D eigenvalue weighted by Gasteiger charge is 2.56. The number of nitrogens with zero attached hydrogens (tertiary/aromatic N) is 4.